The van der Waals surface area contributed by atoms with Crippen molar-refractivity contribution in [2.75, 3.05) is 42.0 Å². The van der Waals surface area contributed by atoms with E-state index in [9.17, 15) is 12.8 Å². The molecular formula is C17H19ClFN3O3S. The molecule has 9 heteroatoms. The van der Waals surface area contributed by atoms with E-state index in [1.165, 1.54) is 16.4 Å². The van der Waals surface area contributed by atoms with Gasteiger partial charge in [0.05, 0.1) is 41.8 Å². The van der Waals surface area contributed by atoms with Gasteiger partial charge in [-0.15, -0.1) is 0 Å². The summed E-state index contributed by atoms with van der Waals surface area (Å²) in [4.78, 5) is 0. The van der Waals surface area contributed by atoms with Gasteiger partial charge in [0.15, 0.2) is 0 Å². The molecule has 0 fully saturated rings. The molecule has 0 atom stereocenters. The predicted octanol–water partition coefficient (Wildman–Crippen LogP) is 2.92. The van der Waals surface area contributed by atoms with Crippen molar-refractivity contribution >= 4 is 38.9 Å². The van der Waals surface area contributed by atoms with E-state index in [1.807, 2.05) is 7.05 Å². The van der Waals surface area contributed by atoms with Gasteiger partial charge < -0.3 is 10.1 Å². The summed E-state index contributed by atoms with van der Waals surface area (Å²) in [6.45, 7) is 1.58. The van der Waals surface area contributed by atoms with E-state index in [2.05, 4.69) is 5.32 Å². The van der Waals surface area contributed by atoms with Crippen LogP contribution in [0.5, 0.6) is 0 Å². The fourth-order valence-corrected chi connectivity index (χ4v) is 4.77. The number of nitrogens with one attached hydrogen (secondary N) is 1. The first-order valence-corrected chi connectivity index (χ1v) is 9.83. The van der Waals surface area contributed by atoms with Gasteiger partial charge in [-0.25, -0.2) is 13.0 Å². The molecule has 140 valence electrons. The Bertz CT molecular complexity index is 895. The Labute approximate surface area is 157 Å². The molecule has 6 nitrogen and oxygen atoms in total. The molecule has 0 aromatic heterocycles. The van der Waals surface area contributed by atoms with Crippen molar-refractivity contribution < 1.29 is 17.5 Å². The second-order valence-electron chi connectivity index (χ2n) is 5.64. The summed E-state index contributed by atoms with van der Waals surface area (Å²) in [5.41, 5.74) is 1.21. The van der Waals surface area contributed by atoms with E-state index in [0.29, 0.717) is 24.5 Å². The van der Waals surface area contributed by atoms with Gasteiger partial charge in [-0.2, -0.15) is 8.42 Å². The Hall–Kier alpha value is -1.87. The molecule has 0 saturated heterocycles. The number of halogens is 2. The summed E-state index contributed by atoms with van der Waals surface area (Å²) in [7, 11) is -2.09. The first-order valence-electron chi connectivity index (χ1n) is 8.06. The Morgan fingerprint density at radius 3 is 2.54 bits per heavy atom. The quantitative estimate of drug-likeness (QED) is 0.727. The van der Waals surface area contributed by atoms with Crippen molar-refractivity contribution in [3.63, 3.8) is 0 Å². The van der Waals surface area contributed by atoms with Crippen molar-refractivity contribution in [3.05, 3.63) is 53.3 Å². The summed E-state index contributed by atoms with van der Waals surface area (Å²) in [5.74, 6) is -0.529. The van der Waals surface area contributed by atoms with Crippen LogP contribution in [0, 0.1) is 5.82 Å². The molecule has 0 unspecified atom stereocenters. The van der Waals surface area contributed by atoms with Crippen LogP contribution in [-0.2, 0) is 14.9 Å². The lowest BCUT2D eigenvalue weighted by atomic mass is 10.2. The van der Waals surface area contributed by atoms with E-state index in [-0.39, 0.29) is 23.9 Å². The number of benzene rings is 2. The Balaban J connectivity index is 1.94. The average Bonchev–Trinajstić information content (AvgIpc) is 2.82. The third-order valence-electron chi connectivity index (χ3n) is 3.94. The van der Waals surface area contributed by atoms with Crippen LogP contribution in [0.4, 0.5) is 21.5 Å². The number of hydrogen-bond acceptors (Lipinski definition) is 4. The van der Waals surface area contributed by atoms with Crippen LogP contribution in [-0.4, -0.2) is 41.8 Å². The maximum atomic E-state index is 13.4. The smallest absolute Gasteiger partial charge is 0.331 e. The maximum absolute atomic E-state index is 13.4. The monoisotopic (exact) mass is 399 g/mol. The van der Waals surface area contributed by atoms with Gasteiger partial charge >= 0.3 is 10.2 Å². The van der Waals surface area contributed by atoms with E-state index in [1.54, 1.807) is 24.3 Å². The van der Waals surface area contributed by atoms with Crippen molar-refractivity contribution in [2.24, 2.45) is 0 Å². The molecule has 0 saturated carbocycles. The summed E-state index contributed by atoms with van der Waals surface area (Å²) in [6.07, 6.45) is 0. The lowest BCUT2D eigenvalue weighted by Gasteiger charge is -2.22. The fourth-order valence-electron chi connectivity index (χ4n) is 2.75. The molecule has 1 aliphatic heterocycles. The number of anilines is 3. The van der Waals surface area contributed by atoms with Crippen LogP contribution in [0.15, 0.2) is 42.5 Å². The summed E-state index contributed by atoms with van der Waals surface area (Å²) >= 11 is 6.12. The minimum atomic E-state index is -3.90. The standard InChI is InChI=1S/C17H19ClFN3O3S/c1-20-8-10-25-11-9-21-16-4-2-3-5-17(16)22(26(21,23)24)15-7-6-13(19)12-14(15)18/h2-7,12,20H,8-11H2,1H3. The molecule has 1 heterocycles. The van der Waals surface area contributed by atoms with Gasteiger partial charge in [0.25, 0.3) is 0 Å². The molecule has 0 amide bonds. The molecule has 1 N–H and O–H groups in total. The van der Waals surface area contributed by atoms with E-state index in [4.69, 9.17) is 16.3 Å². The number of hydrogen-bond donors (Lipinski definition) is 1. The first kappa shape index (κ1) is 18.9. The van der Waals surface area contributed by atoms with E-state index >= 15 is 0 Å². The maximum Gasteiger partial charge on any atom is 0.331 e. The third-order valence-corrected chi connectivity index (χ3v) is 6.04. The Kier molecular flexibility index (Phi) is 5.67. The SMILES string of the molecule is CNCCOCCN1c2ccccc2N(c2ccc(F)cc2Cl)S1(=O)=O. The van der Waals surface area contributed by atoms with Crippen LogP contribution in [0.3, 0.4) is 0 Å². The highest BCUT2D eigenvalue weighted by Gasteiger charge is 2.41. The number of para-hydroxylation sites is 2. The van der Waals surface area contributed by atoms with Crippen LogP contribution < -0.4 is 13.9 Å². The molecule has 3 rings (SSSR count). The second-order valence-corrected chi connectivity index (χ2v) is 7.75. The average molecular weight is 400 g/mol. The zero-order valence-corrected chi connectivity index (χ0v) is 15.7. The number of rotatable bonds is 7. The van der Waals surface area contributed by atoms with Gasteiger partial charge in [-0.05, 0) is 37.4 Å². The molecule has 1 aliphatic rings. The summed E-state index contributed by atoms with van der Waals surface area (Å²) in [6, 6.07) is 10.6. The van der Waals surface area contributed by atoms with Crippen LogP contribution in [0.1, 0.15) is 0 Å². The Morgan fingerprint density at radius 2 is 1.85 bits per heavy atom. The molecule has 26 heavy (non-hydrogen) atoms. The van der Waals surface area contributed by atoms with Gasteiger partial charge in [0, 0.05) is 6.54 Å². The largest absolute Gasteiger partial charge is 0.378 e. The Morgan fingerprint density at radius 1 is 1.12 bits per heavy atom. The molecule has 0 spiro atoms. The van der Waals surface area contributed by atoms with Crippen LogP contribution in [0.25, 0.3) is 0 Å². The van der Waals surface area contributed by atoms with Gasteiger partial charge in [-0.1, -0.05) is 23.7 Å². The van der Waals surface area contributed by atoms with Crippen LogP contribution in [0.2, 0.25) is 5.02 Å². The highest BCUT2D eigenvalue weighted by molar-refractivity contribution is 7.95. The third kappa shape index (κ3) is 3.50. The predicted molar refractivity (Wildman–Crippen MR) is 101 cm³/mol. The minimum Gasteiger partial charge on any atom is -0.378 e. The topological polar surface area (TPSA) is 61.9 Å². The highest BCUT2D eigenvalue weighted by Crippen LogP contribution is 2.46. The van der Waals surface area contributed by atoms with E-state index in [0.717, 1.165) is 10.4 Å². The molecule has 0 radical (unpaired) electrons. The highest BCUT2D eigenvalue weighted by atomic mass is 35.5. The lowest BCUT2D eigenvalue weighted by Crippen LogP contribution is -2.37. The van der Waals surface area contributed by atoms with Crippen molar-refractivity contribution in [2.45, 2.75) is 0 Å². The van der Waals surface area contributed by atoms with Gasteiger partial charge in [0.1, 0.15) is 5.82 Å². The zero-order chi connectivity index (χ0) is 18.7. The second kappa shape index (κ2) is 7.79. The molecule has 2 aromatic carbocycles. The van der Waals surface area contributed by atoms with Crippen LogP contribution >= 0.6 is 11.6 Å². The first-order chi connectivity index (χ1) is 12.5. The normalized spacial score (nSPS) is 15.3. The minimum absolute atomic E-state index is 0.0236. The van der Waals surface area contributed by atoms with Crippen molar-refractivity contribution in [3.8, 4) is 0 Å². The van der Waals surface area contributed by atoms with Gasteiger partial charge in [-0.3, -0.25) is 0 Å². The number of ether oxygens (including phenoxy) is 1. The van der Waals surface area contributed by atoms with Gasteiger partial charge in [0.2, 0.25) is 0 Å². The number of likely N-dealkylation sites (N-methyl/N-ethyl adjacent to an activating group) is 1. The fraction of sp³-hybridized carbons (Fsp3) is 0.294. The van der Waals surface area contributed by atoms with E-state index < -0.39 is 16.0 Å². The van der Waals surface area contributed by atoms with Crippen molar-refractivity contribution in [1.29, 1.82) is 0 Å². The summed E-state index contributed by atoms with van der Waals surface area (Å²) in [5, 5.41) is 2.98. The molecular weight excluding hydrogens is 381 g/mol. The molecule has 0 bridgehead atoms. The molecule has 0 aliphatic carbocycles. The number of fused-ring (bicyclic) bond motifs is 1. The lowest BCUT2D eigenvalue weighted by molar-refractivity contribution is 0.145. The summed E-state index contributed by atoms with van der Waals surface area (Å²) < 4.78 is 47.5. The zero-order valence-electron chi connectivity index (χ0n) is 14.2. The van der Waals surface area contributed by atoms with Crippen molar-refractivity contribution in [1.82, 2.24) is 5.32 Å². The molecule has 2 aromatic rings. The number of nitrogens with zero attached hydrogens (tertiary/aromatic N) is 2.